The van der Waals surface area contributed by atoms with Crippen molar-refractivity contribution in [3.8, 4) is 11.8 Å². The van der Waals surface area contributed by atoms with E-state index in [1.165, 1.54) is 0 Å². The third kappa shape index (κ3) is 6.44. The summed E-state index contributed by atoms with van der Waals surface area (Å²) in [6.07, 6.45) is 2.04. The van der Waals surface area contributed by atoms with Crippen molar-refractivity contribution >= 4 is 5.91 Å². The zero-order valence-electron chi connectivity index (χ0n) is 13.2. The van der Waals surface area contributed by atoms with Crippen LogP contribution in [0.3, 0.4) is 0 Å². The molecule has 1 aromatic rings. The number of nitrogens with one attached hydrogen (secondary N) is 1. The predicted molar refractivity (Wildman–Crippen MR) is 87.2 cm³/mol. The van der Waals surface area contributed by atoms with Crippen LogP contribution >= 0.6 is 0 Å². The Hall–Kier alpha value is -1.83. The smallest absolute Gasteiger partial charge is 0.252 e. The number of amides is 1. The number of hydrogen-bond acceptors (Lipinski definition) is 3. The average Bonchev–Trinajstić information content (AvgIpc) is 2.45. The molecule has 1 rings (SSSR count). The molecule has 0 spiro atoms. The molecular formula is C17H25N3O. The lowest BCUT2D eigenvalue weighted by atomic mass is 10.0. The number of rotatable bonds is 6. The first-order valence-electron chi connectivity index (χ1n) is 7.27. The Morgan fingerprint density at radius 2 is 2.10 bits per heavy atom. The van der Waals surface area contributed by atoms with Crippen molar-refractivity contribution in [1.29, 1.82) is 0 Å². The van der Waals surface area contributed by atoms with Gasteiger partial charge in [-0.05, 0) is 52.5 Å². The summed E-state index contributed by atoms with van der Waals surface area (Å²) in [5.74, 6) is 5.69. The van der Waals surface area contributed by atoms with Gasteiger partial charge in [0.05, 0.1) is 12.1 Å². The van der Waals surface area contributed by atoms with E-state index in [9.17, 15) is 4.79 Å². The zero-order chi connectivity index (χ0) is 15.7. The van der Waals surface area contributed by atoms with Gasteiger partial charge in [-0.3, -0.25) is 4.79 Å². The van der Waals surface area contributed by atoms with Crippen LogP contribution in [0.4, 0.5) is 0 Å². The summed E-state index contributed by atoms with van der Waals surface area (Å²) in [6, 6.07) is 5.70. The maximum absolute atomic E-state index is 12.3. The van der Waals surface area contributed by atoms with Crippen LogP contribution in [-0.2, 0) is 0 Å². The molecule has 0 aromatic heterocycles. The Bertz CT molecular complexity index is 527. The van der Waals surface area contributed by atoms with Gasteiger partial charge in [0.15, 0.2) is 0 Å². The largest absolute Gasteiger partial charge is 0.352 e. The second-order valence-electron chi connectivity index (χ2n) is 5.32. The molecule has 0 saturated heterocycles. The van der Waals surface area contributed by atoms with E-state index in [-0.39, 0.29) is 5.91 Å². The fourth-order valence-electron chi connectivity index (χ4n) is 1.95. The van der Waals surface area contributed by atoms with Crippen LogP contribution in [0.25, 0.3) is 0 Å². The fourth-order valence-corrected chi connectivity index (χ4v) is 1.95. The SMILES string of the molecule is Cc1ccc(C#CCN)c(C(=O)NCCCCN(C)C)c1. The average molecular weight is 287 g/mol. The van der Waals surface area contributed by atoms with Crippen LogP contribution in [0, 0.1) is 18.8 Å². The van der Waals surface area contributed by atoms with Crippen LogP contribution < -0.4 is 11.1 Å². The Morgan fingerprint density at radius 1 is 1.33 bits per heavy atom. The molecule has 114 valence electrons. The number of carbonyl (C=O) groups excluding carboxylic acids is 1. The van der Waals surface area contributed by atoms with Crippen LogP contribution in [-0.4, -0.2) is 44.5 Å². The molecule has 0 heterocycles. The third-order valence-corrected chi connectivity index (χ3v) is 3.06. The highest BCUT2D eigenvalue weighted by Gasteiger charge is 2.09. The van der Waals surface area contributed by atoms with Gasteiger partial charge in [-0.15, -0.1) is 0 Å². The summed E-state index contributed by atoms with van der Waals surface area (Å²) in [6.45, 7) is 3.98. The Kier molecular flexibility index (Phi) is 7.52. The van der Waals surface area contributed by atoms with Gasteiger partial charge < -0.3 is 16.0 Å². The van der Waals surface area contributed by atoms with E-state index in [4.69, 9.17) is 5.73 Å². The minimum Gasteiger partial charge on any atom is -0.352 e. The van der Waals surface area contributed by atoms with Crippen molar-refractivity contribution in [1.82, 2.24) is 10.2 Å². The first-order chi connectivity index (χ1) is 10.0. The molecule has 0 saturated carbocycles. The molecule has 0 aliphatic rings. The van der Waals surface area contributed by atoms with Crippen molar-refractivity contribution < 1.29 is 4.79 Å². The van der Waals surface area contributed by atoms with Crippen molar-refractivity contribution in [3.63, 3.8) is 0 Å². The quantitative estimate of drug-likeness (QED) is 0.614. The molecule has 21 heavy (non-hydrogen) atoms. The van der Waals surface area contributed by atoms with Crippen LogP contribution in [0.15, 0.2) is 18.2 Å². The monoisotopic (exact) mass is 287 g/mol. The Balaban J connectivity index is 2.62. The minimum absolute atomic E-state index is 0.0649. The van der Waals surface area contributed by atoms with E-state index in [1.807, 2.05) is 39.2 Å². The first-order valence-corrected chi connectivity index (χ1v) is 7.27. The molecule has 0 aliphatic heterocycles. The van der Waals surface area contributed by atoms with Gasteiger partial charge in [0.25, 0.3) is 5.91 Å². The maximum atomic E-state index is 12.3. The van der Waals surface area contributed by atoms with Gasteiger partial charge in [-0.2, -0.15) is 0 Å². The van der Waals surface area contributed by atoms with Crippen molar-refractivity contribution in [2.75, 3.05) is 33.7 Å². The standard InChI is InChI=1S/C17H25N3O/c1-14-8-9-15(7-6-10-18)16(13-14)17(21)19-11-4-5-12-20(2)3/h8-9,13H,4-5,10-12,18H2,1-3H3,(H,19,21). The van der Waals surface area contributed by atoms with E-state index < -0.39 is 0 Å². The lowest BCUT2D eigenvalue weighted by molar-refractivity contribution is 0.0952. The van der Waals surface area contributed by atoms with Gasteiger partial charge >= 0.3 is 0 Å². The summed E-state index contributed by atoms with van der Waals surface area (Å²) in [7, 11) is 4.10. The molecule has 0 radical (unpaired) electrons. The van der Waals surface area contributed by atoms with Crippen molar-refractivity contribution in [3.05, 3.63) is 34.9 Å². The number of aryl methyl sites for hydroxylation is 1. The van der Waals surface area contributed by atoms with E-state index in [0.717, 1.165) is 30.5 Å². The first kappa shape index (κ1) is 17.2. The molecule has 1 aromatic carbocycles. The molecule has 4 heteroatoms. The molecule has 0 atom stereocenters. The van der Waals surface area contributed by atoms with Gasteiger partial charge in [0, 0.05) is 12.1 Å². The Labute approximate surface area is 127 Å². The van der Waals surface area contributed by atoms with Gasteiger partial charge in [0.2, 0.25) is 0 Å². The zero-order valence-corrected chi connectivity index (χ0v) is 13.2. The second kappa shape index (κ2) is 9.17. The molecule has 0 unspecified atom stereocenters. The second-order valence-corrected chi connectivity index (χ2v) is 5.32. The van der Waals surface area contributed by atoms with E-state index >= 15 is 0 Å². The topological polar surface area (TPSA) is 58.4 Å². The normalized spacial score (nSPS) is 10.1. The van der Waals surface area contributed by atoms with Gasteiger partial charge in [-0.1, -0.05) is 23.5 Å². The summed E-state index contributed by atoms with van der Waals surface area (Å²) < 4.78 is 0. The van der Waals surface area contributed by atoms with Gasteiger partial charge in [-0.25, -0.2) is 0 Å². The maximum Gasteiger partial charge on any atom is 0.252 e. The summed E-state index contributed by atoms with van der Waals surface area (Å²) >= 11 is 0. The third-order valence-electron chi connectivity index (χ3n) is 3.06. The number of hydrogen-bond donors (Lipinski definition) is 2. The lowest BCUT2D eigenvalue weighted by Crippen LogP contribution is -2.26. The van der Waals surface area contributed by atoms with Crippen molar-refractivity contribution in [2.45, 2.75) is 19.8 Å². The number of nitrogens with zero attached hydrogens (tertiary/aromatic N) is 1. The van der Waals surface area contributed by atoms with Crippen LogP contribution in [0.5, 0.6) is 0 Å². The predicted octanol–water partition coefficient (Wildman–Crippen LogP) is 1.38. The fraction of sp³-hybridized carbons (Fsp3) is 0.471. The number of unbranched alkanes of at least 4 members (excludes halogenated alkanes) is 1. The molecule has 0 fully saturated rings. The Morgan fingerprint density at radius 3 is 2.76 bits per heavy atom. The number of carbonyl (C=O) groups is 1. The molecular weight excluding hydrogens is 262 g/mol. The summed E-state index contributed by atoms with van der Waals surface area (Å²) in [4.78, 5) is 14.4. The van der Waals surface area contributed by atoms with Crippen molar-refractivity contribution in [2.24, 2.45) is 5.73 Å². The number of benzene rings is 1. The lowest BCUT2D eigenvalue weighted by Gasteiger charge is -2.10. The van der Waals surface area contributed by atoms with E-state index in [2.05, 4.69) is 22.1 Å². The highest BCUT2D eigenvalue weighted by atomic mass is 16.1. The highest BCUT2D eigenvalue weighted by Crippen LogP contribution is 2.11. The van der Waals surface area contributed by atoms with Gasteiger partial charge in [0.1, 0.15) is 0 Å². The van der Waals surface area contributed by atoms with E-state index in [1.54, 1.807) is 0 Å². The minimum atomic E-state index is -0.0649. The van der Waals surface area contributed by atoms with Crippen LogP contribution in [0.1, 0.15) is 34.3 Å². The molecule has 4 nitrogen and oxygen atoms in total. The van der Waals surface area contributed by atoms with Crippen LogP contribution in [0.2, 0.25) is 0 Å². The highest BCUT2D eigenvalue weighted by molar-refractivity contribution is 5.96. The molecule has 3 N–H and O–H groups in total. The molecule has 0 bridgehead atoms. The number of nitrogens with two attached hydrogens (primary N) is 1. The molecule has 1 amide bonds. The summed E-state index contributed by atoms with van der Waals surface area (Å²) in [5, 5.41) is 2.96. The van der Waals surface area contributed by atoms with E-state index in [0.29, 0.717) is 18.7 Å². The summed E-state index contributed by atoms with van der Waals surface area (Å²) in [5.41, 5.74) is 7.80. The molecule has 0 aliphatic carbocycles.